The summed E-state index contributed by atoms with van der Waals surface area (Å²) < 4.78 is 5.03. The number of nitrogens with one attached hydrogen (secondary N) is 1. The lowest BCUT2D eigenvalue weighted by Gasteiger charge is -2.15. The van der Waals surface area contributed by atoms with Gasteiger partial charge in [0, 0.05) is 16.6 Å². The van der Waals surface area contributed by atoms with Gasteiger partial charge in [0.2, 0.25) is 0 Å². The molecule has 0 amide bonds. The molecule has 0 saturated heterocycles. The van der Waals surface area contributed by atoms with E-state index in [1.165, 1.54) is 12.0 Å². The number of thiazole rings is 1. The summed E-state index contributed by atoms with van der Waals surface area (Å²) in [6.07, 6.45) is 0. The largest absolute Gasteiger partial charge is 0.504 e. The number of ether oxygens (including phenoxy) is 1. The number of anilines is 1. The number of phenols is 1. The zero-order valence-electron chi connectivity index (χ0n) is 11.5. The molecule has 1 aromatic carbocycles. The highest BCUT2D eigenvalue weighted by Gasteiger charge is 2.13. The van der Waals surface area contributed by atoms with Crippen LogP contribution in [0.5, 0.6) is 11.5 Å². The van der Waals surface area contributed by atoms with Crippen molar-refractivity contribution in [1.82, 2.24) is 4.98 Å². The van der Waals surface area contributed by atoms with E-state index in [0.29, 0.717) is 5.75 Å². The van der Waals surface area contributed by atoms with E-state index in [1.54, 1.807) is 23.5 Å². The fourth-order valence-electron chi connectivity index (χ4n) is 2.04. The van der Waals surface area contributed by atoms with Crippen LogP contribution < -0.4 is 10.1 Å². The molecule has 1 atom stereocenters. The lowest BCUT2D eigenvalue weighted by molar-refractivity contribution is 0.373. The van der Waals surface area contributed by atoms with Gasteiger partial charge < -0.3 is 15.2 Å². The number of phenolic OH excluding ortho intramolecular Hbond substituents is 1. The summed E-state index contributed by atoms with van der Waals surface area (Å²) in [7, 11) is 1.54. The van der Waals surface area contributed by atoms with Crippen molar-refractivity contribution in [1.29, 1.82) is 0 Å². The molecule has 1 unspecified atom stereocenters. The molecule has 0 fully saturated rings. The van der Waals surface area contributed by atoms with Crippen LogP contribution >= 0.6 is 11.3 Å². The summed E-state index contributed by atoms with van der Waals surface area (Å²) in [6, 6.07) is 5.45. The highest BCUT2D eigenvalue weighted by Crippen LogP contribution is 2.32. The molecule has 0 radical (unpaired) electrons. The Morgan fingerprint density at radius 1 is 1.37 bits per heavy atom. The highest BCUT2D eigenvalue weighted by molar-refractivity contribution is 7.11. The summed E-state index contributed by atoms with van der Waals surface area (Å²) in [4.78, 5) is 5.64. The molecule has 0 aliphatic heterocycles. The Morgan fingerprint density at radius 2 is 2.11 bits per heavy atom. The molecule has 0 aliphatic rings. The van der Waals surface area contributed by atoms with Crippen molar-refractivity contribution in [2.75, 3.05) is 12.4 Å². The second-order valence-corrected chi connectivity index (χ2v) is 5.67. The normalized spacial score (nSPS) is 12.2. The van der Waals surface area contributed by atoms with Gasteiger partial charge in [-0.1, -0.05) is 0 Å². The van der Waals surface area contributed by atoms with Crippen molar-refractivity contribution in [3.05, 3.63) is 33.8 Å². The van der Waals surface area contributed by atoms with Crippen LogP contribution in [0.1, 0.15) is 28.5 Å². The Morgan fingerprint density at radius 3 is 2.63 bits per heavy atom. The van der Waals surface area contributed by atoms with Crippen LogP contribution in [0.15, 0.2) is 18.2 Å². The van der Waals surface area contributed by atoms with Crippen molar-refractivity contribution in [2.24, 2.45) is 0 Å². The van der Waals surface area contributed by atoms with E-state index in [2.05, 4.69) is 17.2 Å². The van der Waals surface area contributed by atoms with Crippen LogP contribution in [0, 0.1) is 13.8 Å². The second-order valence-electron chi connectivity index (χ2n) is 4.44. The lowest BCUT2D eigenvalue weighted by Crippen LogP contribution is -2.06. The van der Waals surface area contributed by atoms with E-state index in [0.717, 1.165) is 16.4 Å². The minimum atomic E-state index is 0.136. The van der Waals surface area contributed by atoms with E-state index >= 15 is 0 Å². The van der Waals surface area contributed by atoms with Crippen LogP contribution in [0.2, 0.25) is 0 Å². The molecule has 0 spiro atoms. The van der Waals surface area contributed by atoms with Crippen molar-refractivity contribution in [2.45, 2.75) is 26.8 Å². The molecule has 1 heterocycles. The molecule has 102 valence electrons. The van der Waals surface area contributed by atoms with E-state index in [4.69, 9.17) is 4.74 Å². The number of aryl methyl sites for hydroxylation is 2. The van der Waals surface area contributed by atoms with Crippen LogP contribution in [0.4, 0.5) is 5.69 Å². The molecule has 5 heteroatoms. The lowest BCUT2D eigenvalue weighted by atomic mass is 10.2. The van der Waals surface area contributed by atoms with Gasteiger partial charge in [-0.25, -0.2) is 4.98 Å². The first-order valence-corrected chi connectivity index (χ1v) is 6.90. The Kier molecular flexibility index (Phi) is 3.95. The molecule has 0 saturated carbocycles. The number of aromatic nitrogens is 1. The molecule has 19 heavy (non-hydrogen) atoms. The number of benzene rings is 1. The zero-order chi connectivity index (χ0) is 14.0. The van der Waals surface area contributed by atoms with E-state index < -0.39 is 0 Å². The molecular formula is C14H18N2O2S. The maximum Gasteiger partial charge on any atom is 0.160 e. The molecule has 2 aromatic rings. The number of methoxy groups -OCH3 is 1. The smallest absolute Gasteiger partial charge is 0.160 e. The van der Waals surface area contributed by atoms with Crippen LogP contribution in [0.25, 0.3) is 0 Å². The van der Waals surface area contributed by atoms with Crippen LogP contribution in [0.3, 0.4) is 0 Å². The van der Waals surface area contributed by atoms with E-state index in [-0.39, 0.29) is 11.8 Å². The first-order chi connectivity index (χ1) is 9.01. The van der Waals surface area contributed by atoms with Gasteiger partial charge in [-0.2, -0.15) is 0 Å². The quantitative estimate of drug-likeness (QED) is 0.896. The average molecular weight is 278 g/mol. The minimum Gasteiger partial charge on any atom is -0.504 e. The number of aromatic hydroxyl groups is 1. The standard InChI is InChI=1S/C14H18N2O2S/c1-8-14(19-10(3)15-8)9(2)16-11-5-6-13(18-4)12(17)7-11/h5-7,9,16-17H,1-4H3. The highest BCUT2D eigenvalue weighted by atomic mass is 32.1. The van der Waals surface area contributed by atoms with Gasteiger partial charge in [0.15, 0.2) is 11.5 Å². The molecular weight excluding hydrogens is 260 g/mol. The first-order valence-electron chi connectivity index (χ1n) is 6.08. The Labute approximate surface area is 117 Å². The molecule has 0 aliphatic carbocycles. The van der Waals surface area contributed by atoms with Crippen LogP contribution in [-0.2, 0) is 0 Å². The molecule has 2 N–H and O–H groups in total. The van der Waals surface area contributed by atoms with Gasteiger partial charge in [-0.3, -0.25) is 0 Å². The van der Waals surface area contributed by atoms with Crippen molar-refractivity contribution < 1.29 is 9.84 Å². The third-order valence-electron chi connectivity index (χ3n) is 2.89. The van der Waals surface area contributed by atoms with Gasteiger partial charge in [0.25, 0.3) is 0 Å². The Bertz CT molecular complexity index is 581. The molecule has 0 bridgehead atoms. The number of hydrogen-bond donors (Lipinski definition) is 2. The SMILES string of the molecule is COc1ccc(NC(C)c2sc(C)nc2C)cc1O. The van der Waals surface area contributed by atoms with Gasteiger partial charge in [0.05, 0.1) is 23.9 Å². The fraction of sp³-hybridized carbons (Fsp3) is 0.357. The Hall–Kier alpha value is -1.75. The summed E-state index contributed by atoms with van der Waals surface area (Å²) in [5.41, 5.74) is 1.91. The number of hydrogen-bond acceptors (Lipinski definition) is 5. The summed E-state index contributed by atoms with van der Waals surface area (Å²) in [5, 5.41) is 14.2. The van der Waals surface area contributed by atoms with Gasteiger partial charge in [-0.15, -0.1) is 11.3 Å². The first kappa shape index (κ1) is 13.7. The van der Waals surface area contributed by atoms with E-state index in [9.17, 15) is 5.11 Å². The number of rotatable bonds is 4. The van der Waals surface area contributed by atoms with Gasteiger partial charge in [-0.05, 0) is 32.9 Å². The maximum atomic E-state index is 9.76. The summed E-state index contributed by atoms with van der Waals surface area (Å²) in [5.74, 6) is 0.611. The van der Waals surface area contributed by atoms with E-state index in [1.807, 2.05) is 19.9 Å². The Balaban J connectivity index is 2.17. The fourth-order valence-corrected chi connectivity index (χ4v) is 2.97. The summed E-state index contributed by atoms with van der Waals surface area (Å²) in [6.45, 7) is 6.11. The molecule has 4 nitrogen and oxygen atoms in total. The second kappa shape index (κ2) is 5.48. The average Bonchev–Trinajstić information content (AvgIpc) is 2.69. The predicted octanol–water partition coefficient (Wildman–Crippen LogP) is 3.65. The third kappa shape index (κ3) is 2.98. The van der Waals surface area contributed by atoms with Crippen molar-refractivity contribution >= 4 is 17.0 Å². The number of nitrogens with zero attached hydrogens (tertiary/aromatic N) is 1. The molecule has 2 rings (SSSR count). The minimum absolute atomic E-state index is 0.136. The third-order valence-corrected chi connectivity index (χ3v) is 4.15. The molecule has 1 aromatic heterocycles. The zero-order valence-corrected chi connectivity index (χ0v) is 12.3. The summed E-state index contributed by atoms with van der Waals surface area (Å²) >= 11 is 1.69. The van der Waals surface area contributed by atoms with Crippen molar-refractivity contribution in [3.63, 3.8) is 0 Å². The van der Waals surface area contributed by atoms with Crippen molar-refractivity contribution in [3.8, 4) is 11.5 Å². The topological polar surface area (TPSA) is 54.4 Å². The predicted molar refractivity (Wildman–Crippen MR) is 78.3 cm³/mol. The monoisotopic (exact) mass is 278 g/mol. The maximum absolute atomic E-state index is 9.76. The van der Waals surface area contributed by atoms with Gasteiger partial charge in [0.1, 0.15) is 0 Å². The van der Waals surface area contributed by atoms with Gasteiger partial charge >= 0.3 is 0 Å². The van der Waals surface area contributed by atoms with Crippen LogP contribution in [-0.4, -0.2) is 17.2 Å².